The third kappa shape index (κ3) is 6.19. The van der Waals surface area contributed by atoms with Crippen LogP contribution in [0.2, 0.25) is 0 Å². The van der Waals surface area contributed by atoms with Crippen LogP contribution in [0.3, 0.4) is 0 Å². The van der Waals surface area contributed by atoms with Gasteiger partial charge < -0.3 is 24.1 Å². The summed E-state index contributed by atoms with van der Waals surface area (Å²) >= 11 is 0. The summed E-state index contributed by atoms with van der Waals surface area (Å²) in [5, 5.41) is 9.84. The quantitative estimate of drug-likeness (QED) is 0.288. The molecule has 2 aliphatic heterocycles. The second kappa shape index (κ2) is 11.3. The Balaban J connectivity index is 1.35. The molecule has 2 fully saturated rings. The summed E-state index contributed by atoms with van der Waals surface area (Å²) in [6, 6.07) is 10.4. The van der Waals surface area contributed by atoms with E-state index in [9.17, 15) is 23.1 Å². The molecule has 6 unspecified atom stereocenters. The number of aryl methyl sites for hydroxylation is 2. The molecule has 6 atom stereocenters. The fourth-order valence-electron chi connectivity index (χ4n) is 5.85. The Morgan fingerprint density at radius 1 is 0.902 bits per heavy atom. The summed E-state index contributed by atoms with van der Waals surface area (Å²) in [6.45, 7) is 14.0. The van der Waals surface area contributed by atoms with E-state index < -0.39 is 29.2 Å². The average molecular weight is 579 g/mol. The lowest BCUT2D eigenvalue weighted by Gasteiger charge is -2.54. The first kappa shape index (κ1) is 31.5. The van der Waals surface area contributed by atoms with Gasteiger partial charge in [0.1, 0.15) is 12.0 Å². The van der Waals surface area contributed by atoms with Gasteiger partial charge in [-0.1, -0.05) is 52.0 Å². The molecule has 9 heteroatoms. The molecule has 0 aromatic heterocycles. The van der Waals surface area contributed by atoms with Crippen molar-refractivity contribution in [2.24, 2.45) is 16.2 Å². The maximum Gasteiger partial charge on any atom is 0.415 e. The third-order valence-electron chi connectivity index (χ3n) is 8.69. The molecule has 2 saturated heterocycles. The number of hydrogen-bond acceptors (Lipinski definition) is 6. The topological polar surface area (TPSA) is 74.2 Å². The van der Waals surface area contributed by atoms with Gasteiger partial charge in [-0.3, -0.25) is 4.79 Å². The average Bonchev–Trinajstić information content (AvgIpc) is 2.87. The minimum atomic E-state index is -4.53. The number of alkyl halides is 3. The fourth-order valence-corrected chi connectivity index (χ4v) is 5.85. The number of carbonyl (C=O) groups is 1. The highest BCUT2D eigenvalue weighted by Crippen LogP contribution is 2.57. The van der Waals surface area contributed by atoms with Crippen LogP contribution in [0.1, 0.15) is 79.4 Å². The van der Waals surface area contributed by atoms with E-state index in [-0.39, 0.29) is 36.6 Å². The number of phenols is 1. The normalized spacial score (nSPS) is 30.0. The summed E-state index contributed by atoms with van der Waals surface area (Å²) < 4.78 is 64.9. The molecule has 41 heavy (non-hydrogen) atoms. The Hall–Kier alpha value is -2.46. The maximum atomic E-state index is 13.8. The van der Waals surface area contributed by atoms with E-state index in [1.807, 2.05) is 39.8 Å². The van der Waals surface area contributed by atoms with E-state index in [0.717, 1.165) is 17.4 Å². The fraction of sp³-hybridized carbons (Fsp3) is 0.594. The van der Waals surface area contributed by atoms with Gasteiger partial charge in [0.15, 0.2) is 6.10 Å². The van der Waals surface area contributed by atoms with Gasteiger partial charge in [0.25, 0.3) is 0 Å². The van der Waals surface area contributed by atoms with Crippen molar-refractivity contribution in [3.8, 4) is 5.75 Å². The van der Waals surface area contributed by atoms with Gasteiger partial charge in [-0.25, -0.2) is 0 Å². The summed E-state index contributed by atoms with van der Waals surface area (Å²) in [6.07, 6.45) is -6.65. The lowest BCUT2D eigenvalue weighted by Crippen LogP contribution is -2.61. The standard InChI is InChI=1S/C32H41F3O6/c1-19-12-22(8-9-24(19)14-36)26-30(6,21(3)40-26)17-38-15-29(4,5)16-39-18-31(7)27(41-28(31)32(33,34)35)23-10-11-25(37)20(2)13-23/h8-14,21,26-28,37H,15-18H2,1-7H3. The number of aldehydes is 1. The van der Waals surface area contributed by atoms with Gasteiger partial charge in [-0.15, -0.1) is 0 Å². The lowest BCUT2D eigenvalue weighted by atomic mass is 9.70. The Bertz CT molecular complexity index is 1260. The summed E-state index contributed by atoms with van der Waals surface area (Å²) in [5.41, 5.74) is 1.61. The number of carbonyl (C=O) groups excluding carboxylic acids is 1. The van der Waals surface area contributed by atoms with Crippen molar-refractivity contribution in [2.45, 2.75) is 79.1 Å². The molecule has 2 heterocycles. The minimum absolute atomic E-state index is 0.0312. The van der Waals surface area contributed by atoms with Gasteiger partial charge in [0, 0.05) is 16.4 Å². The van der Waals surface area contributed by atoms with Gasteiger partial charge in [-0.2, -0.15) is 13.2 Å². The number of aromatic hydroxyl groups is 1. The van der Waals surface area contributed by atoms with Crippen molar-refractivity contribution >= 4 is 6.29 Å². The van der Waals surface area contributed by atoms with Gasteiger partial charge in [0.05, 0.1) is 50.2 Å². The van der Waals surface area contributed by atoms with E-state index in [1.54, 1.807) is 25.1 Å². The number of ether oxygens (including phenoxy) is 4. The molecule has 0 spiro atoms. The van der Waals surface area contributed by atoms with Gasteiger partial charge >= 0.3 is 6.18 Å². The zero-order valence-electron chi connectivity index (χ0n) is 24.8. The van der Waals surface area contributed by atoms with E-state index in [2.05, 4.69) is 6.92 Å². The molecule has 2 aromatic rings. The SMILES string of the molecule is Cc1cc(C2OC(C(F)(F)F)C2(C)COCC(C)(C)COCC2(C)C(C)OC2c2ccc(C=O)c(C)c2)ccc1O. The predicted molar refractivity (Wildman–Crippen MR) is 148 cm³/mol. The van der Waals surface area contributed by atoms with Crippen LogP contribution in [0.15, 0.2) is 36.4 Å². The molecule has 2 aromatic carbocycles. The van der Waals surface area contributed by atoms with Crippen LogP contribution in [0.4, 0.5) is 13.2 Å². The van der Waals surface area contributed by atoms with E-state index in [4.69, 9.17) is 18.9 Å². The zero-order valence-corrected chi connectivity index (χ0v) is 24.8. The van der Waals surface area contributed by atoms with Crippen molar-refractivity contribution < 1.29 is 42.0 Å². The van der Waals surface area contributed by atoms with Gasteiger partial charge in [-0.05, 0) is 55.2 Å². The smallest absolute Gasteiger partial charge is 0.415 e. The minimum Gasteiger partial charge on any atom is -0.508 e. The van der Waals surface area contributed by atoms with Crippen molar-refractivity contribution in [3.05, 3.63) is 64.2 Å². The summed E-state index contributed by atoms with van der Waals surface area (Å²) in [5.74, 6) is 0.0779. The Morgan fingerprint density at radius 2 is 1.44 bits per heavy atom. The molecule has 2 aliphatic rings. The first-order valence-electron chi connectivity index (χ1n) is 13.9. The Kier molecular flexibility index (Phi) is 8.69. The predicted octanol–water partition coefficient (Wildman–Crippen LogP) is 7.06. The number of hydrogen-bond donors (Lipinski definition) is 1. The van der Waals surface area contributed by atoms with Crippen molar-refractivity contribution in [1.82, 2.24) is 0 Å². The van der Waals surface area contributed by atoms with Crippen molar-refractivity contribution in [3.63, 3.8) is 0 Å². The molecule has 4 rings (SSSR count). The number of benzene rings is 2. The maximum absolute atomic E-state index is 13.8. The molecule has 0 aliphatic carbocycles. The molecule has 0 bridgehead atoms. The third-order valence-corrected chi connectivity index (χ3v) is 8.69. The number of halogens is 3. The largest absolute Gasteiger partial charge is 0.508 e. The van der Waals surface area contributed by atoms with Crippen molar-refractivity contribution in [1.29, 1.82) is 0 Å². The monoisotopic (exact) mass is 578 g/mol. The Morgan fingerprint density at radius 3 is 1.95 bits per heavy atom. The Labute approximate surface area is 240 Å². The molecule has 0 radical (unpaired) electrons. The van der Waals surface area contributed by atoms with Crippen LogP contribution in [-0.4, -0.2) is 56.2 Å². The zero-order chi connectivity index (χ0) is 30.4. The number of rotatable bonds is 11. The van der Waals surface area contributed by atoms with Crippen LogP contribution in [0.25, 0.3) is 0 Å². The first-order chi connectivity index (χ1) is 19.0. The van der Waals surface area contributed by atoms with Crippen LogP contribution in [0.5, 0.6) is 5.75 Å². The molecule has 1 N–H and O–H groups in total. The number of phenolic OH excluding ortho intramolecular Hbond substituents is 1. The summed E-state index contributed by atoms with van der Waals surface area (Å²) in [7, 11) is 0. The highest BCUT2D eigenvalue weighted by atomic mass is 19.4. The van der Waals surface area contributed by atoms with Crippen LogP contribution in [-0.2, 0) is 18.9 Å². The molecular formula is C32H41F3O6. The molecule has 0 saturated carbocycles. The molecule has 226 valence electrons. The molecule has 0 amide bonds. The van der Waals surface area contributed by atoms with Crippen LogP contribution >= 0.6 is 0 Å². The lowest BCUT2D eigenvalue weighted by molar-refractivity contribution is -0.365. The van der Waals surface area contributed by atoms with Gasteiger partial charge in [0.2, 0.25) is 0 Å². The van der Waals surface area contributed by atoms with E-state index in [1.165, 1.54) is 13.0 Å². The van der Waals surface area contributed by atoms with E-state index >= 15 is 0 Å². The summed E-state index contributed by atoms with van der Waals surface area (Å²) in [4.78, 5) is 11.2. The van der Waals surface area contributed by atoms with Crippen LogP contribution < -0.4 is 0 Å². The first-order valence-corrected chi connectivity index (χ1v) is 13.9. The second-order valence-corrected chi connectivity index (χ2v) is 13.0. The van der Waals surface area contributed by atoms with Crippen LogP contribution in [0, 0.1) is 30.1 Å². The molecular weight excluding hydrogens is 537 g/mol. The second-order valence-electron chi connectivity index (χ2n) is 13.0. The van der Waals surface area contributed by atoms with Crippen molar-refractivity contribution in [2.75, 3.05) is 26.4 Å². The van der Waals surface area contributed by atoms with E-state index in [0.29, 0.717) is 29.9 Å². The highest BCUT2D eigenvalue weighted by molar-refractivity contribution is 5.77. The molecule has 6 nitrogen and oxygen atoms in total. The highest BCUT2D eigenvalue weighted by Gasteiger charge is 2.65.